The van der Waals surface area contributed by atoms with Crippen molar-refractivity contribution in [2.75, 3.05) is 12.4 Å². The Balaban J connectivity index is 1.35. The summed E-state index contributed by atoms with van der Waals surface area (Å²) >= 11 is 0. The van der Waals surface area contributed by atoms with Crippen LogP contribution < -0.4 is 5.32 Å². The lowest BCUT2D eigenvalue weighted by molar-refractivity contribution is -0.141. The average molecular weight is 475 g/mol. The largest absolute Gasteiger partial charge is 0.416 e. The fourth-order valence-electron chi connectivity index (χ4n) is 8.17. The molecule has 3 aliphatic carbocycles. The first kappa shape index (κ1) is 23.4. The van der Waals surface area contributed by atoms with Crippen molar-refractivity contribution in [3.05, 3.63) is 42.0 Å². The lowest BCUT2D eigenvalue weighted by Crippen LogP contribution is -2.59. The fourth-order valence-corrected chi connectivity index (χ4v) is 8.17. The molecule has 4 aliphatic rings. The number of amides is 2. The topological polar surface area (TPSA) is 49.4 Å². The summed E-state index contributed by atoms with van der Waals surface area (Å²) in [6.45, 7) is 4.52. The van der Waals surface area contributed by atoms with Crippen LogP contribution in [0.1, 0.15) is 57.9 Å². The molecule has 0 aromatic heterocycles. The van der Waals surface area contributed by atoms with Gasteiger partial charge in [-0.1, -0.05) is 26.0 Å². The first-order chi connectivity index (χ1) is 15.9. The number of likely N-dealkylation sites (N-methyl/N-ethyl adjacent to an activating group) is 1. The molecule has 3 fully saturated rings. The maximum atomic E-state index is 13.3. The van der Waals surface area contributed by atoms with E-state index in [1.54, 1.807) is 6.08 Å². The number of fused-ring (bicyclic) bond motifs is 5. The number of alkyl halides is 3. The Bertz CT molecular complexity index is 1040. The first-order valence-corrected chi connectivity index (χ1v) is 12.4. The van der Waals surface area contributed by atoms with Gasteiger partial charge in [0, 0.05) is 30.1 Å². The number of benzene rings is 1. The van der Waals surface area contributed by atoms with Crippen molar-refractivity contribution < 1.29 is 22.8 Å². The van der Waals surface area contributed by atoms with Crippen molar-refractivity contribution in [1.29, 1.82) is 0 Å². The minimum Gasteiger partial charge on any atom is -0.338 e. The average Bonchev–Trinajstić information content (AvgIpc) is 3.13. The van der Waals surface area contributed by atoms with Gasteiger partial charge >= 0.3 is 6.18 Å². The molecule has 5 rings (SSSR count). The van der Waals surface area contributed by atoms with E-state index >= 15 is 0 Å². The molecule has 1 heterocycles. The number of hydrogen-bond donors (Lipinski definition) is 1. The highest BCUT2D eigenvalue weighted by atomic mass is 19.4. The van der Waals surface area contributed by atoms with Gasteiger partial charge in [0.25, 0.3) is 0 Å². The molecule has 184 valence electrons. The molecule has 3 saturated carbocycles. The minimum absolute atomic E-state index is 0.0503. The molecular formula is C27H33F3N2O2. The molecule has 0 radical (unpaired) electrons. The molecular weight excluding hydrogens is 441 g/mol. The van der Waals surface area contributed by atoms with E-state index in [-0.39, 0.29) is 40.3 Å². The predicted octanol–water partition coefficient (Wildman–Crippen LogP) is 5.90. The molecule has 1 aliphatic heterocycles. The number of hydrogen-bond acceptors (Lipinski definition) is 2. The second kappa shape index (κ2) is 7.85. The highest BCUT2D eigenvalue weighted by Gasteiger charge is 2.61. The van der Waals surface area contributed by atoms with Crippen molar-refractivity contribution in [2.24, 2.45) is 34.5 Å². The van der Waals surface area contributed by atoms with E-state index in [9.17, 15) is 22.8 Å². The SMILES string of the molecule is CN1C(=O)C=C[C@]2(C)[C@H]3CC[C@]4(C)[C@@H](C(=O)Nc5cccc(C(F)(F)F)c5)CC[C@H]4[C@@H]3CC[C@@H]12. The van der Waals surface area contributed by atoms with E-state index in [1.807, 2.05) is 11.9 Å². The van der Waals surface area contributed by atoms with Gasteiger partial charge in [0.2, 0.25) is 11.8 Å². The van der Waals surface area contributed by atoms with Crippen LogP contribution in [0.3, 0.4) is 0 Å². The standard InChI is InChI=1S/C27H33F3N2O2/c1-25-13-11-20-18(7-10-22-26(20,2)14-12-23(33)32(22)3)19(25)8-9-21(25)24(34)31-17-6-4-5-16(15-17)27(28,29)30/h4-6,12,14-15,18-22H,7-11,13H2,1-3H3,(H,31,34)/t18-,19-,20-,21+,22+,25-,26+/m0/s1. The van der Waals surface area contributed by atoms with E-state index in [4.69, 9.17) is 0 Å². The Labute approximate surface area is 199 Å². The smallest absolute Gasteiger partial charge is 0.338 e. The number of carbonyl (C=O) groups excluding carboxylic acids is 2. The van der Waals surface area contributed by atoms with E-state index < -0.39 is 11.7 Å². The van der Waals surface area contributed by atoms with Crippen molar-refractivity contribution in [1.82, 2.24) is 4.90 Å². The summed E-state index contributed by atoms with van der Waals surface area (Å²) in [6.07, 6.45) is 5.12. The van der Waals surface area contributed by atoms with Crippen LogP contribution in [-0.4, -0.2) is 29.8 Å². The number of rotatable bonds is 2. The second-order valence-corrected chi connectivity index (χ2v) is 11.4. The minimum atomic E-state index is -4.44. The number of anilines is 1. The van der Waals surface area contributed by atoms with Crippen LogP contribution in [0.15, 0.2) is 36.4 Å². The lowest BCUT2D eigenvalue weighted by Gasteiger charge is -2.60. The zero-order chi connectivity index (χ0) is 24.5. The van der Waals surface area contributed by atoms with Gasteiger partial charge in [0.15, 0.2) is 0 Å². The van der Waals surface area contributed by atoms with Crippen molar-refractivity contribution in [3.8, 4) is 0 Å². The van der Waals surface area contributed by atoms with Gasteiger partial charge in [-0.3, -0.25) is 9.59 Å². The van der Waals surface area contributed by atoms with Crippen LogP contribution in [0.25, 0.3) is 0 Å². The monoisotopic (exact) mass is 474 g/mol. The molecule has 2 amide bonds. The van der Waals surface area contributed by atoms with Gasteiger partial charge in [-0.25, -0.2) is 0 Å². The summed E-state index contributed by atoms with van der Waals surface area (Å²) in [4.78, 5) is 27.5. The molecule has 1 aromatic carbocycles. The summed E-state index contributed by atoms with van der Waals surface area (Å²) < 4.78 is 39.3. The van der Waals surface area contributed by atoms with Gasteiger partial charge in [-0.2, -0.15) is 13.2 Å². The Kier molecular flexibility index (Phi) is 5.41. The Hall–Kier alpha value is -2.31. The van der Waals surface area contributed by atoms with Crippen LogP contribution in [0.4, 0.5) is 18.9 Å². The van der Waals surface area contributed by atoms with Crippen LogP contribution in [0.5, 0.6) is 0 Å². The molecule has 0 saturated heterocycles. The highest BCUT2D eigenvalue weighted by Crippen LogP contribution is 2.65. The first-order valence-electron chi connectivity index (χ1n) is 12.4. The van der Waals surface area contributed by atoms with Crippen LogP contribution in [0, 0.1) is 34.5 Å². The quantitative estimate of drug-likeness (QED) is 0.580. The number of halogens is 3. The van der Waals surface area contributed by atoms with E-state index in [1.165, 1.54) is 12.1 Å². The third-order valence-electron chi connectivity index (χ3n) is 9.90. The third-order valence-corrected chi connectivity index (χ3v) is 9.90. The molecule has 1 aromatic rings. The maximum absolute atomic E-state index is 13.3. The second-order valence-electron chi connectivity index (χ2n) is 11.4. The van der Waals surface area contributed by atoms with E-state index in [0.29, 0.717) is 17.8 Å². The third kappa shape index (κ3) is 3.49. The number of nitrogens with zero attached hydrogens (tertiary/aromatic N) is 1. The molecule has 0 spiro atoms. The molecule has 34 heavy (non-hydrogen) atoms. The Morgan fingerprint density at radius 3 is 2.59 bits per heavy atom. The molecule has 4 nitrogen and oxygen atoms in total. The Morgan fingerprint density at radius 1 is 1.09 bits per heavy atom. The fraction of sp³-hybridized carbons (Fsp3) is 0.630. The molecule has 1 N–H and O–H groups in total. The van der Waals surface area contributed by atoms with Crippen LogP contribution >= 0.6 is 0 Å². The van der Waals surface area contributed by atoms with Crippen LogP contribution in [-0.2, 0) is 15.8 Å². The summed E-state index contributed by atoms with van der Waals surface area (Å²) in [5.74, 6) is 1.10. The molecule has 0 bridgehead atoms. The van der Waals surface area contributed by atoms with Gasteiger partial charge in [-0.05, 0) is 86.0 Å². The zero-order valence-electron chi connectivity index (χ0n) is 20.0. The highest BCUT2D eigenvalue weighted by molar-refractivity contribution is 5.93. The molecule has 7 heteroatoms. The number of carbonyl (C=O) groups is 2. The summed E-state index contributed by atoms with van der Waals surface area (Å²) in [6, 6.07) is 5.11. The van der Waals surface area contributed by atoms with Crippen molar-refractivity contribution >= 4 is 17.5 Å². The number of nitrogens with one attached hydrogen (secondary N) is 1. The van der Waals surface area contributed by atoms with Gasteiger partial charge < -0.3 is 10.2 Å². The van der Waals surface area contributed by atoms with Crippen molar-refractivity contribution in [2.45, 2.75) is 64.6 Å². The maximum Gasteiger partial charge on any atom is 0.416 e. The van der Waals surface area contributed by atoms with Gasteiger partial charge in [0.1, 0.15) is 0 Å². The summed E-state index contributed by atoms with van der Waals surface area (Å²) in [5.41, 5.74) is -0.759. The van der Waals surface area contributed by atoms with Gasteiger partial charge in [0.05, 0.1) is 5.56 Å². The predicted molar refractivity (Wildman–Crippen MR) is 124 cm³/mol. The molecule has 0 unspecified atom stereocenters. The Morgan fingerprint density at radius 2 is 1.85 bits per heavy atom. The summed E-state index contributed by atoms with van der Waals surface area (Å²) in [7, 11) is 1.91. The van der Waals surface area contributed by atoms with Gasteiger partial charge in [-0.15, -0.1) is 0 Å². The normalized spacial score (nSPS) is 39.3. The zero-order valence-corrected chi connectivity index (χ0v) is 20.0. The van der Waals surface area contributed by atoms with Crippen LogP contribution in [0.2, 0.25) is 0 Å². The van der Waals surface area contributed by atoms with E-state index in [0.717, 1.165) is 50.7 Å². The van der Waals surface area contributed by atoms with Crippen molar-refractivity contribution in [3.63, 3.8) is 0 Å². The van der Waals surface area contributed by atoms with E-state index in [2.05, 4.69) is 25.2 Å². The summed E-state index contributed by atoms with van der Waals surface area (Å²) in [5, 5.41) is 2.80. The lowest BCUT2D eigenvalue weighted by atomic mass is 9.47. The molecule has 7 atom stereocenters.